The lowest BCUT2D eigenvalue weighted by Crippen LogP contribution is -2.25. The maximum Gasteiger partial charge on any atom is 0.131 e. The molecule has 1 heterocycles. The zero-order valence-electron chi connectivity index (χ0n) is 11.3. The van der Waals surface area contributed by atoms with Gasteiger partial charge < -0.3 is 9.53 Å². The van der Waals surface area contributed by atoms with Crippen molar-refractivity contribution in [2.45, 2.75) is 25.7 Å². The van der Waals surface area contributed by atoms with Gasteiger partial charge in [-0.3, -0.25) is 0 Å². The Labute approximate surface area is 118 Å². The van der Waals surface area contributed by atoms with Crippen molar-refractivity contribution in [2.75, 3.05) is 6.61 Å². The van der Waals surface area contributed by atoms with E-state index in [2.05, 4.69) is 0 Å². The molecule has 1 atom stereocenters. The van der Waals surface area contributed by atoms with Gasteiger partial charge >= 0.3 is 0 Å². The fourth-order valence-electron chi connectivity index (χ4n) is 2.08. The van der Waals surface area contributed by atoms with E-state index in [-0.39, 0.29) is 0 Å². The zero-order valence-corrected chi connectivity index (χ0v) is 12.1. The van der Waals surface area contributed by atoms with Crippen molar-refractivity contribution < 1.29 is 9.53 Å². The van der Waals surface area contributed by atoms with E-state index in [9.17, 15) is 4.79 Å². The fourth-order valence-corrected chi connectivity index (χ4v) is 2.94. The Balaban J connectivity index is 2.16. The topological polar surface area (TPSA) is 26.3 Å². The molecule has 0 spiro atoms. The van der Waals surface area contributed by atoms with Crippen LogP contribution < -0.4 is 4.74 Å². The Morgan fingerprint density at radius 3 is 2.53 bits per heavy atom. The normalized spacial score (nSPS) is 13.8. The number of carbonyl (C=O) groups excluding carboxylic acids is 1. The molecule has 0 aliphatic rings. The highest BCUT2D eigenvalue weighted by Gasteiger charge is 2.27. The van der Waals surface area contributed by atoms with Crippen LogP contribution in [0.1, 0.15) is 24.3 Å². The van der Waals surface area contributed by atoms with Crippen molar-refractivity contribution in [3.63, 3.8) is 0 Å². The molecule has 0 saturated carbocycles. The molecular weight excluding hydrogens is 256 g/mol. The number of benzene rings is 1. The van der Waals surface area contributed by atoms with Crippen molar-refractivity contribution >= 4 is 17.6 Å². The molecule has 0 fully saturated rings. The monoisotopic (exact) mass is 274 g/mol. The summed E-state index contributed by atoms with van der Waals surface area (Å²) in [6.45, 7) is 4.62. The maximum atomic E-state index is 11.5. The number of hydrogen-bond donors (Lipinski definition) is 0. The summed E-state index contributed by atoms with van der Waals surface area (Å²) >= 11 is 1.63. The Hall–Kier alpha value is -1.61. The second kappa shape index (κ2) is 6.02. The van der Waals surface area contributed by atoms with E-state index < -0.39 is 5.41 Å². The highest BCUT2D eigenvalue weighted by Crippen LogP contribution is 2.30. The van der Waals surface area contributed by atoms with Crippen LogP contribution in [-0.4, -0.2) is 12.9 Å². The van der Waals surface area contributed by atoms with Gasteiger partial charge in [0.1, 0.15) is 12.0 Å². The summed E-state index contributed by atoms with van der Waals surface area (Å²) in [4.78, 5) is 12.6. The lowest BCUT2D eigenvalue weighted by atomic mass is 9.83. The summed E-state index contributed by atoms with van der Waals surface area (Å²) in [5.41, 5.74) is 0.702. The minimum atomic E-state index is -0.443. The highest BCUT2D eigenvalue weighted by molar-refractivity contribution is 7.10. The van der Waals surface area contributed by atoms with Crippen LogP contribution in [0.2, 0.25) is 0 Å². The van der Waals surface area contributed by atoms with Crippen LogP contribution in [0.4, 0.5) is 0 Å². The van der Waals surface area contributed by atoms with Crippen LogP contribution in [0.5, 0.6) is 5.75 Å². The van der Waals surface area contributed by atoms with Gasteiger partial charge in [-0.25, -0.2) is 0 Å². The average molecular weight is 274 g/mol. The molecule has 2 aromatic rings. The van der Waals surface area contributed by atoms with Gasteiger partial charge in [-0.1, -0.05) is 18.2 Å². The molecule has 0 bridgehead atoms. The summed E-state index contributed by atoms with van der Waals surface area (Å²) in [6.07, 6.45) is 1.76. The quantitative estimate of drug-likeness (QED) is 0.748. The predicted octanol–water partition coefficient (Wildman–Crippen LogP) is 3.85. The molecule has 0 aliphatic heterocycles. The third-order valence-corrected chi connectivity index (χ3v) is 4.30. The Bertz CT molecular complexity index is 516. The summed E-state index contributed by atoms with van der Waals surface area (Å²) in [7, 11) is 0. The van der Waals surface area contributed by atoms with E-state index >= 15 is 0 Å². The van der Waals surface area contributed by atoms with Crippen LogP contribution >= 0.6 is 11.3 Å². The Kier molecular flexibility index (Phi) is 4.38. The molecular formula is C16H18O2S. The van der Waals surface area contributed by atoms with Crippen molar-refractivity contribution in [1.29, 1.82) is 0 Å². The lowest BCUT2D eigenvalue weighted by Gasteiger charge is -2.21. The van der Waals surface area contributed by atoms with Crippen molar-refractivity contribution in [2.24, 2.45) is 0 Å². The molecule has 0 N–H and O–H groups in total. The number of ether oxygens (including phenoxy) is 1. The van der Waals surface area contributed by atoms with Crippen LogP contribution in [0.25, 0.3) is 0 Å². The van der Waals surface area contributed by atoms with E-state index in [1.807, 2.05) is 55.6 Å². The van der Waals surface area contributed by atoms with Gasteiger partial charge in [0.15, 0.2) is 0 Å². The van der Waals surface area contributed by atoms with E-state index in [0.29, 0.717) is 13.0 Å². The van der Waals surface area contributed by atoms with Crippen molar-refractivity contribution in [3.8, 4) is 5.75 Å². The van der Waals surface area contributed by atoms with Gasteiger partial charge in [-0.2, -0.15) is 0 Å². The Morgan fingerprint density at radius 2 is 2.00 bits per heavy atom. The summed E-state index contributed by atoms with van der Waals surface area (Å²) in [5, 5.41) is 2.01. The van der Waals surface area contributed by atoms with Crippen molar-refractivity contribution in [1.82, 2.24) is 0 Å². The second-order valence-corrected chi connectivity index (χ2v) is 5.71. The highest BCUT2D eigenvalue weighted by atomic mass is 32.1. The number of hydrogen-bond acceptors (Lipinski definition) is 3. The van der Waals surface area contributed by atoms with E-state index in [0.717, 1.165) is 22.5 Å². The number of rotatable bonds is 6. The molecule has 0 radical (unpaired) electrons. The summed E-state index contributed by atoms with van der Waals surface area (Å²) in [6, 6.07) is 12.0. The second-order valence-electron chi connectivity index (χ2n) is 4.77. The Morgan fingerprint density at radius 1 is 1.26 bits per heavy atom. The SMILES string of the molecule is CCOc1ccc(CC(C)(C=O)c2cccs2)cc1. The fraction of sp³-hybridized carbons (Fsp3) is 0.312. The molecule has 100 valence electrons. The van der Waals surface area contributed by atoms with Crippen LogP contribution in [-0.2, 0) is 16.6 Å². The molecule has 0 amide bonds. The van der Waals surface area contributed by atoms with Crippen molar-refractivity contribution in [3.05, 3.63) is 52.2 Å². The first-order valence-electron chi connectivity index (χ1n) is 6.40. The van der Waals surface area contributed by atoms with Crippen LogP contribution in [0.15, 0.2) is 41.8 Å². The smallest absolute Gasteiger partial charge is 0.131 e. The van der Waals surface area contributed by atoms with E-state index in [4.69, 9.17) is 4.74 Å². The van der Waals surface area contributed by atoms with Gasteiger partial charge in [0.05, 0.1) is 12.0 Å². The molecule has 2 rings (SSSR count). The van der Waals surface area contributed by atoms with E-state index in [1.165, 1.54) is 0 Å². The molecule has 3 heteroatoms. The maximum absolute atomic E-state index is 11.5. The third-order valence-electron chi connectivity index (χ3n) is 3.15. The van der Waals surface area contributed by atoms with Gasteiger partial charge in [-0.05, 0) is 49.4 Å². The first-order valence-corrected chi connectivity index (χ1v) is 7.28. The average Bonchev–Trinajstić information content (AvgIpc) is 2.96. The van der Waals surface area contributed by atoms with Gasteiger partial charge in [-0.15, -0.1) is 11.3 Å². The molecule has 19 heavy (non-hydrogen) atoms. The summed E-state index contributed by atoms with van der Waals surface area (Å²) < 4.78 is 5.42. The summed E-state index contributed by atoms with van der Waals surface area (Å²) in [5.74, 6) is 0.871. The number of aldehydes is 1. The molecule has 1 unspecified atom stereocenters. The zero-order chi connectivity index (χ0) is 13.7. The molecule has 2 nitrogen and oxygen atoms in total. The molecule has 1 aromatic carbocycles. The molecule has 0 saturated heterocycles. The largest absolute Gasteiger partial charge is 0.494 e. The van der Waals surface area contributed by atoms with Gasteiger partial charge in [0, 0.05) is 4.88 Å². The van der Waals surface area contributed by atoms with Crippen LogP contribution in [0, 0.1) is 0 Å². The minimum Gasteiger partial charge on any atom is -0.494 e. The van der Waals surface area contributed by atoms with Crippen LogP contribution in [0.3, 0.4) is 0 Å². The predicted molar refractivity (Wildman–Crippen MR) is 79.1 cm³/mol. The molecule has 0 aliphatic carbocycles. The third kappa shape index (κ3) is 3.24. The van der Waals surface area contributed by atoms with Gasteiger partial charge in [0.25, 0.3) is 0 Å². The first kappa shape index (κ1) is 13.8. The lowest BCUT2D eigenvalue weighted by molar-refractivity contribution is -0.112. The minimum absolute atomic E-state index is 0.443. The standard InChI is InChI=1S/C16H18O2S/c1-3-18-14-8-6-13(7-9-14)11-16(2,12-17)15-5-4-10-19-15/h4-10,12H,3,11H2,1-2H3. The number of thiophene rings is 1. The molecule has 1 aromatic heterocycles. The van der Waals surface area contributed by atoms with Gasteiger partial charge in [0.2, 0.25) is 0 Å². The first-order chi connectivity index (χ1) is 9.18. The number of carbonyl (C=O) groups is 1. The van der Waals surface area contributed by atoms with E-state index in [1.54, 1.807) is 11.3 Å².